The SMILES string of the molecule is COc1cc([C@H]2Oc3c(OC)cc4ccc(=O)oc4c3O[C@@H]2COC(C)=O)ccc1OC(C)=O. The van der Waals surface area contributed by atoms with Gasteiger partial charge in [0.05, 0.1) is 14.2 Å². The molecule has 0 spiro atoms. The number of methoxy groups -OCH3 is 2. The third-order valence-corrected chi connectivity index (χ3v) is 5.08. The van der Waals surface area contributed by atoms with Crippen molar-refractivity contribution in [1.29, 1.82) is 0 Å². The van der Waals surface area contributed by atoms with Gasteiger partial charge in [-0.1, -0.05) is 6.07 Å². The molecule has 0 amide bonds. The summed E-state index contributed by atoms with van der Waals surface area (Å²) in [4.78, 5) is 34.8. The number of ether oxygens (including phenoxy) is 6. The van der Waals surface area contributed by atoms with E-state index in [-0.39, 0.29) is 29.4 Å². The molecule has 0 aliphatic carbocycles. The molecular weight excluding hydrogens is 448 g/mol. The maximum absolute atomic E-state index is 11.9. The summed E-state index contributed by atoms with van der Waals surface area (Å²) in [6, 6.07) is 9.40. The van der Waals surface area contributed by atoms with Crippen molar-refractivity contribution < 1.29 is 42.4 Å². The number of hydrogen-bond acceptors (Lipinski definition) is 10. The van der Waals surface area contributed by atoms with E-state index in [2.05, 4.69) is 0 Å². The first kappa shape index (κ1) is 23.0. The number of esters is 2. The zero-order valence-electron chi connectivity index (χ0n) is 18.9. The van der Waals surface area contributed by atoms with Crippen LogP contribution >= 0.6 is 0 Å². The van der Waals surface area contributed by atoms with Gasteiger partial charge in [-0.3, -0.25) is 9.59 Å². The molecule has 10 nitrogen and oxygen atoms in total. The van der Waals surface area contributed by atoms with Crippen LogP contribution in [0.5, 0.6) is 28.7 Å². The average Bonchev–Trinajstić information content (AvgIpc) is 2.81. The Morgan fingerprint density at radius 1 is 0.882 bits per heavy atom. The second-order valence-electron chi connectivity index (χ2n) is 7.41. The summed E-state index contributed by atoms with van der Waals surface area (Å²) in [5, 5.41) is 0.566. The van der Waals surface area contributed by atoms with E-state index in [9.17, 15) is 14.4 Å². The zero-order valence-corrected chi connectivity index (χ0v) is 18.9. The van der Waals surface area contributed by atoms with Crippen molar-refractivity contribution >= 4 is 22.9 Å². The van der Waals surface area contributed by atoms with Gasteiger partial charge in [-0.2, -0.15) is 0 Å². The Kier molecular flexibility index (Phi) is 6.31. The van der Waals surface area contributed by atoms with Gasteiger partial charge in [-0.25, -0.2) is 4.79 Å². The Hall–Kier alpha value is -4.21. The van der Waals surface area contributed by atoms with Crippen LogP contribution in [0.2, 0.25) is 0 Å². The maximum atomic E-state index is 11.9. The molecule has 3 aromatic rings. The molecule has 1 aliphatic heterocycles. The lowest BCUT2D eigenvalue weighted by Crippen LogP contribution is -2.37. The molecule has 0 bridgehead atoms. The van der Waals surface area contributed by atoms with Crippen LogP contribution in [0.1, 0.15) is 25.5 Å². The minimum Gasteiger partial charge on any atom is -0.493 e. The normalized spacial score (nSPS) is 16.6. The van der Waals surface area contributed by atoms with Crippen LogP contribution in [0.25, 0.3) is 11.0 Å². The Morgan fingerprint density at radius 2 is 1.65 bits per heavy atom. The fraction of sp³-hybridized carbons (Fsp3) is 0.292. The molecule has 4 rings (SSSR count). The van der Waals surface area contributed by atoms with E-state index in [0.717, 1.165) is 0 Å². The van der Waals surface area contributed by atoms with Crippen LogP contribution in [0.15, 0.2) is 45.6 Å². The van der Waals surface area contributed by atoms with E-state index < -0.39 is 29.8 Å². The lowest BCUT2D eigenvalue weighted by atomic mass is 10.0. The van der Waals surface area contributed by atoms with Gasteiger partial charge in [-0.15, -0.1) is 0 Å². The zero-order chi connectivity index (χ0) is 24.4. The molecule has 178 valence electrons. The highest BCUT2D eigenvalue weighted by Crippen LogP contribution is 2.50. The smallest absolute Gasteiger partial charge is 0.336 e. The highest BCUT2D eigenvalue weighted by molar-refractivity contribution is 5.88. The predicted octanol–water partition coefficient (Wildman–Crippen LogP) is 3.18. The molecule has 34 heavy (non-hydrogen) atoms. The average molecular weight is 470 g/mol. The van der Waals surface area contributed by atoms with Crippen molar-refractivity contribution in [2.24, 2.45) is 0 Å². The van der Waals surface area contributed by atoms with Gasteiger partial charge in [0.15, 0.2) is 35.0 Å². The van der Waals surface area contributed by atoms with Gasteiger partial charge in [0.1, 0.15) is 6.61 Å². The van der Waals surface area contributed by atoms with Crippen molar-refractivity contribution in [3.8, 4) is 28.7 Å². The van der Waals surface area contributed by atoms with Gasteiger partial charge in [0.2, 0.25) is 11.5 Å². The first-order valence-corrected chi connectivity index (χ1v) is 10.3. The van der Waals surface area contributed by atoms with E-state index >= 15 is 0 Å². The van der Waals surface area contributed by atoms with Crippen LogP contribution in [-0.4, -0.2) is 38.9 Å². The molecule has 1 aromatic heterocycles. The van der Waals surface area contributed by atoms with E-state index in [0.29, 0.717) is 22.4 Å². The number of benzene rings is 2. The number of rotatable bonds is 6. The standard InChI is InChI=1S/C24H22O10/c1-12(25)30-11-19-21(14-5-7-16(31-13(2)26)17(9-14)28-3)34-23-18(29-4)10-15-6-8-20(27)33-22(15)24(23)32-19/h5-10,19,21H,11H2,1-4H3/t19-,21-/m1/s1. The summed E-state index contributed by atoms with van der Waals surface area (Å²) in [6.45, 7) is 2.41. The van der Waals surface area contributed by atoms with Gasteiger partial charge in [0.25, 0.3) is 0 Å². The molecule has 0 saturated carbocycles. The quantitative estimate of drug-likeness (QED) is 0.302. The Bertz CT molecular complexity index is 1310. The topological polar surface area (TPSA) is 120 Å². The third-order valence-electron chi connectivity index (χ3n) is 5.08. The summed E-state index contributed by atoms with van der Waals surface area (Å²) in [5.74, 6) is 0.264. The van der Waals surface area contributed by atoms with E-state index in [4.69, 9.17) is 32.8 Å². The molecule has 2 aromatic carbocycles. The Labute approximate surface area is 193 Å². The van der Waals surface area contributed by atoms with Crippen LogP contribution in [0.4, 0.5) is 0 Å². The van der Waals surface area contributed by atoms with E-state index in [1.807, 2.05) is 0 Å². The van der Waals surface area contributed by atoms with Gasteiger partial charge in [0, 0.05) is 30.9 Å². The molecule has 0 unspecified atom stereocenters. The van der Waals surface area contributed by atoms with Crippen LogP contribution in [0, 0.1) is 0 Å². The highest BCUT2D eigenvalue weighted by atomic mass is 16.6. The van der Waals surface area contributed by atoms with Crippen molar-refractivity contribution in [2.45, 2.75) is 26.1 Å². The highest BCUT2D eigenvalue weighted by Gasteiger charge is 2.38. The van der Waals surface area contributed by atoms with E-state index in [1.54, 1.807) is 30.3 Å². The Morgan fingerprint density at radius 3 is 2.32 bits per heavy atom. The summed E-state index contributed by atoms with van der Waals surface area (Å²) in [6.07, 6.45) is -1.60. The summed E-state index contributed by atoms with van der Waals surface area (Å²) >= 11 is 0. The summed E-state index contributed by atoms with van der Waals surface area (Å²) in [5.41, 5.74) is 0.206. The molecule has 0 N–H and O–H groups in total. The molecule has 0 radical (unpaired) electrons. The molecule has 1 aliphatic rings. The number of hydrogen-bond donors (Lipinski definition) is 0. The van der Waals surface area contributed by atoms with Crippen LogP contribution in [0.3, 0.4) is 0 Å². The number of carbonyl (C=O) groups excluding carboxylic acids is 2. The van der Waals surface area contributed by atoms with Crippen molar-refractivity contribution in [3.05, 3.63) is 52.4 Å². The molecule has 2 atom stereocenters. The minimum absolute atomic E-state index is 0.150. The van der Waals surface area contributed by atoms with Crippen LogP contribution < -0.4 is 29.3 Å². The first-order chi connectivity index (χ1) is 16.3. The predicted molar refractivity (Wildman–Crippen MR) is 118 cm³/mol. The maximum Gasteiger partial charge on any atom is 0.336 e. The number of fused-ring (bicyclic) bond motifs is 3. The minimum atomic E-state index is -0.818. The largest absolute Gasteiger partial charge is 0.493 e. The van der Waals surface area contributed by atoms with Gasteiger partial charge >= 0.3 is 17.6 Å². The second kappa shape index (κ2) is 9.34. The summed E-state index contributed by atoms with van der Waals surface area (Å²) in [7, 11) is 2.91. The molecule has 10 heteroatoms. The second-order valence-corrected chi connectivity index (χ2v) is 7.41. The van der Waals surface area contributed by atoms with Crippen molar-refractivity contribution in [3.63, 3.8) is 0 Å². The third kappa shape index (κ3) is 4.47. The van der Waals surface area contributed by atoms with Crippen molar-refractivity contribution in [1.82, 2.24) is 0 Å². The van der Waals surface area contributed by atoms with Crippen molar-refractivity contribution in [2.75, 3.05) is 20.8 Å². The van der Waals surface area contributed by atoms with Gasteiger partial charge < -0.3 is 32.8 Å². The molecular formula is C24H22O10. The molecule has 0 saturated heterocycles. The van der Waals surface area contributed by atoms with E-state index in [1.165, 1.54) is 34.1 Å². The Balaban J connectivity index is 1.83. The fourth-order valence-electron chi connectivity index (χ4n) is 3.63. The lowest BCUT2D eigenvalue weighted by Gasteiger charge is -2.34. The van der Waals surface area contributed by atoms with Gasteiger partial charge in [-0.05, 0) is 24.3 Å². The monoisotopic (exact) mass is 470 g/mol. The fourth-order valence-corrected chi connectivity index (χ4v) is 3.63. The molecule has 2 heterocycles. The number of carbonyl (C=O) groups is 2. The lowest BCUT2D eigenvalue weighted by molar-refractivity contribution is -0.145. The first-order valence-electron chi connectivity index (χ1n) is 10.3. The summed E-state index contributed by atoms with van der Waals surface area (Å²) < 4.78 is 39.1. The van der Waals surface area contributed by atoms with Crippen LogP contribution in [-0.2, 0) is 14.3 Å². The molecule has 0 fully saturated rings.